The fraction of sp³-hybridized carbons (Fsp3) is 0.611. The SMILES string of the molecule is C[C@H](NC(=O)[C@@H](c1ccccc1)N1CCSCC1)[C@H]1CCCO1. The van der Waals surface area contributed by atoms with Crippen molar-refractivity contribution in [3.05, 3.63) is 35.9 Å². The predicted molar refractivity (Wildman–Crippen MR) is 94.7 cm³/mol. The van der Waals surface area contributed by atoms with Crippen molar-refractivity contribution in [2.24, 2.45) is 0 Å². The minimum Gasteiger partial charge on any atom is -0.376 e. The lowest BCUT2D eigenvalue weighted by Crippen LogP contribution is -2.49. The summed E-state index contributed by atoms with van der Waals surface area (Å²) in [4.78, 5) is 15.3. The van der Waals surface area contributed by atoms with Crippen molar-refractivity contribution in [1.82, 2.24) is 10.2 Å². The highest BCUT2D eigenvalue weighted by atomic mass is 32.2. The Bertz CT molecular complexity index is 499. The number of rotatable bonds is 5. The zero-order chi connectivity index (χ0) is 16.1. The molecule has 3 rings (SSSR count). The van der Waals surface area contributed by atoms with Crippen molar-refractivity contribution in [3.63, 3.8) is 0 Å². The monoisotopic (exact) mass is 334 g/mol. The summed E-state index contributed by atoms with van der Waals surface area (Å²) >= 11 is 1.96. The molecule has 0 bridgehead atoms. The molecule has 2 fully saturated rings. The Morgan fingerprint density at radius 2 is 2.04 bits per heavy atom. The summed E-state index contributed by atoms with van der Waals surface area (Å²) in [5.74, 6) is 2.29. The van der Waals surface area contributed by atoms with Crippen LogP contribution in [0.3, 0.4) is 0 Å². The first-order valence-corrected chi connectivity index (χ1v) is 9.70. The smallest absolute Gasteiger partial charge is 0.242 e. The van der Waals surface area contributed by atoms with E-state index in [0.29, 0.717) is 0 Å². The maximum absolute atomic E-state index is 13.0. The Labute approximate surface area is 143 Å². The Morgan fingerprint density at radius 3 is 2.70 bits per heavy atom. The molecule has 1 amide bonds. The second-order valence-electron chi connectivity index (χ2n) is 6.31. The molecule has 3 atom stereocenters. The molecule has 2 heterocycles. The van der Waals surface area contributed by atoms with Gasteiger partial charge in [-0.3, -0.25) is 9.69 Å². The molecule has 0 aliphatic carbocycles. The number of hydrogen-bond donors (Lipinski definition) is 1. The van der Waals surface area contributed by atoms with E-state index in [0.717, 1.165) is 49.6 Å². The molecule has 1 aromatic carbocycles. The van der Waals surface area contributed by atoms with Crippen LogP contribution in [0.4, 0.5) is 0 Å². The highest BCUT2D eigenvalue weighted by molar-refractivity contribution is 7.99. The minimum atomic E-state index is -0.194. The number of nitrogens with zero attached hydrogens (tertiary/aromatic N) is 1. The van der Waals surface area contributed by atoms with Gasteiger partial charge in [0.25, 0.3) is 0 Å². The first-order chi connectivity index (χ1) is 11.3. The molecule has 1 N–H and O–H groups in total. The number of benzene rings is 1. The van der Waals surface area contributed by atoms with Crippen LogP contribution in [0, 0.1) is 0 Å². The molecule has 2 aliphatic rings. The van der Waals surface area contributed by atoms with Gasteiger partial charge in [-0.15, -0.1) is 0 Å². The molecule has 1 aromatic rings. The van der Waals surface area contributed by atoms with E-state index in [2.05, 4.69) is 29.3 Å². The number of hydrogen-bond acceptors (Lipinski definition) is 4. The van der Waals surface area contributed by atoms with Crippen molar-refractivity contribution < 1.29 is 9.53 Å². The van der Waals surface area contributed by atoms with Crippen molar-refractivity contribution in [1.29, 1.82) is 0 Å². The first kappa shape index (κ1) is 16.8. The van der Waals surface area contributed by atoms with Gasteiger partial charge in [0.15, 0.2) is 0 Å². The average Bonchev–Trinajstić information content (AvgIpc) is 3.12. The number of thioether (sulfide) groups is 1. The van der Waals surface area contributed by atoms with Gasteiger partial charge < -0.3 is 10.1 Å². The van der Waals surface area contributed by atoms with Crippen LogP contribution in [-0.4, -0.2) is 54.2 Å². The molecule has 0 saturated carbocycles. The quantitative estimate of drug-likeness (QED) is 0.898. The molecule has 0 unspecified atom stereocenters. The molecule has 126 valence electrons. The van der Waals surface area contributed by atoms with E-state index in [9.17, 15) is 4.79 Å². The fourth-order valence-corrected chi connectivity index (χ4v) is 4.32. The average molecular weight is 334 g/mol. The second kappa shape index (κ2) is 8.18. The van der Waals surface area contributed by atoms with Gasteiger partial charge in [0.1, 0.15) is 6.04 Å². The Hall–Kier alpha value is -1.04. The van der Waals surface area contributed by atoms with Gasteiger partial charge in [0.2, 0.25) is 5.91 Å². The summed E-state index contributed by atoms with van der Waals surface area (Å²) in [5, 5.41) is 3.21. The summed E-state index contributed by atoms with van der Waals surface area (Å²) < 4.78 is 5.71. The second-order valence-corrected chi connectivity index (χ2v) is 7.54. The lowest BCUT2D eigenvalue weighted by Gasteiger charge is -2.34. The highest BCUT2D eigenvalue weighted by Crippen LogP contribution is 2.25. The third-order valence-electron chi connectivity index (χ3n) is 4.67. The largest absolute Gasteiger partial charge is 0.376 e. The number of amides is 1. The van der Waals surface area contributed by atoms with Gasteiger partial charge in [0, 0.05) is 31.2 Å². The maximum atomic E-state index is 13.0. The van der Waals surface area contributed by atoms with Crippen LogP contribution >= 0.6 is 11.8 Å². The van der Waals surface area contributed by atoms with Crippen molar-refractivity contribution >= 4 is 17.7 Å². The van der Waals surface area contributed by atoms with E-state index in [1.54, 1.807) is 0 Å². The zero-order valence-electron chi connectivity index (χ0n) is 13.7. The van der Waals surface area contributed by atoms with E-state index in [-0.39, 0.29) is 24.1 Å². The maximum Gasteiger partial charge on any atom is 0.242 e. The number of nitrogens with one attached hydrogen (secondary N) is 1. The van der Waals surface area contributed by atoms with Crippen molar-refractivity contribution in [2.75, 3.05) is 31.2 Å². The van der Waals surface area contributed by atoms with E-state index in [4.69, 9.17) is 4.74 Å². The predicted octanol–water partition coefficient (Wildman–Crippen LogP) is 2.46. The number of ether oxygens (including phenoxy) is 1. The van der Waals surface area contributed by atoms with Crippen LogP contribution in [0.2, 0.25) is 0 Å². The summed E-state index contributed by atoms with van der Waals surface area (Å²) in [5.41, 5.74) is 1.08. The van der Waals surface area contributed by atoms with Gasteiger partial charge in [0.05, 0.1) is 12.1 Å². The normalized spacial score (nSPS) is 25.0. The third kappa shape index (κ3) is 4.28. The molecule has 0 spiro atoms. The highest BCUT2D eigenvalue weighted by Gasteiger charge is 2.31. The van der Waals surface area contributed by atoms with Gasteiger partial charge in [-0.2, -0.15) is 11.8 Å². The summed E-state index contributed by atoms with van der Waals surface area (Å²) in [6.45, 7) is 4.80. The van der Waals surface area contributed by atoms with Crippen LogP contribution < -0.4 is 5.32 Å². The summed E-state index contributed by atoms with van der Waals surface area (Å²) in [6.07, 6.45) is 2.29. The topological polar surface area (TPSA) is 41.6 Å². The fourth-order valence-electron chi connectivity index (χ4n) is 3.39. The molecule has 0 radical (unpaired) electrons. The molecular formula is C18H26N2O2S. The van der Waals surface area contributed by atoms with Gasteiger partial charge >= 0.3 is 0 Å². The molecule has 4 nitrogen and oxygen atoms in total. The minimum absolute atomic E-state index is 0.0652. The van der Waals surface area contributed by atoms with Gasteiger partial charge in [-0.1, -0.05) is 30.3 Å². The third-order valence-corrected chi connectivity index (χ3v) is 5.61. The van der Waals surface area contributed by atoms with Crippen molar-refractivity contribution in [3.8, 4) is 0 Å². The number of carbonyl (C=O) groups excluding carboxylic acids is 1. The van der Waals surface area contributed by atoms with Crippen LogP contribution in [0.15, 0.2) is 30.3 Å². The first-order valence-electron chi connectivity index (χ1n) is 8.54. The Morgan fingerprint density at radius 1 is 1.30 bits per heavy atom. The van der Waals surface area contributed by atoms with Crippen LogP contribution in [0.25, 0.3) is 0 Å². The Balaban J connectivity index is 1.72. The molecule has 5 heteroatoms. The summed E-state index contributed by atoms with van der Waals surface area (Å²) in [7, 11) is 0. The van der Waals surface area contributed by atoms with Crippen molar-refractivity contribution in [2.45, 2.75) is 38.0 Å². The molecule has 0 aromatic heterocycles. The van der Waals surface area contributed by atoms with E-state index in [1.807, 2.05) is 30.0 Å². The molecule has 2 saturated heterocycles. The lowest BCUT2D eigenvalue weighted by atomic mass is 10.0. The molecule has 2 aliphatic heterocycles. The van der Waals surface area contributed by atoms with Gasteiger partial charge in [-0.25, -0.2) is 0 Å². The van der Waals surface area contributed by atoms with E-state index >= 15 is 0 Å². The van der Waals surface area contributed by atoms with E-state index in [1.165, 1.54) is 0 Å². The van der Waals surface area contributed by atoms with Crippen LogP contribution in [-0.2, 0) is 9.53 Å². The lowest BCUT2D eigenvalue weighted by molar-refractivity contribution is -0.128. The Kier molecular flexibility index (Phi) is 5.97. The zero-order valence-corrected chi connectivity index (χ0v) is 14.6. The summed E-state index contributed by atoms with van der Waals surface area (Å²) in [6, 6.07) is 10.0. The van der Waals surface area contributed by atoms with Crippen LogP contribution in [0.1, 0.15) is 31.4 Å². The van der Waals surface area contributed by atoms with Crippen LogP contribution in [0.5, 0.6) is 0 Å². The standard InChI is InChI=1S/C18H26N2O2S/c1-14(16-8-5-11-22-16)19-18(21)17(15-6-3-2-4-7-15)20-9-12-23-13-10-20/h2-4,6-7,14,16-17H,5,8-13H2,1H3,(H,19,21)/t14-,16+,17+/m0/s1. The van der Waals surface area contributed by atoms with E-state index < -0.39 is 0 Å². The molecular weight excluding hydrogens is 308 g/mol. The van der Waals surface area contributed by atoms with Gasteiger partial charge in [-0.05, 0) is 25.3 Å². The number of carbonyl (C=O) groups is 1. The molecule has 23 heavy (non-hydrogen) atoms.